The van der Waals surface area contributed by atoms with Gasteiger partial charge in [-0.1, -0.05) is 0 Å². The highest BCUT2D eigenvalue weighted by atomic mass is 16.6. The molecule has 4 atom stereocenters. The van der Waals surface area contributed by atoms with E-state index in [1.165, 1.54) is 0 Å². The third kappa shape index (κ3) is 5.61. The number of carbonyl (C=O) groups is 2. The summed E-state index contributed by atoms with van der Waals surface area (Å²) >= 11 is 0. The molecule has 0 amide bonds. The molecule has 1 aromatic rings. The summed E-state index contributed by atoms with van der Waals surface area (Å²) in [7, 11) is 0. The van der Waals surface area contributed by atoms with Crippen molar-refractivity contribution in [2.75, 3.05) is 12.3 Å². The molecular weight excluding hydrogens is 344 g/mol. The van der Waals surface area contributed by atoms with Crippen LogP contribution < -0.4 is 11.4 Å². The first kappa shape index (κ1) is 20.2. The van der Waals surface area contributed by atoms with Crippen LogP contribution in [0.2, 0.25) is 0 Å². The van der Waals surface area contributed by atoms with Gasteiger partial charge in [-0.3, -0.25) is 4.57 Å². The van der Waals surface area contributed by atoms with Gasteiger partial charge in [0.1, 0.15) is 24.6 Å². The maximum Gasteiger partial charge on any atom is 0.354 e. The molecule has 7 N–H and O–H groups in total. The number of hydrogen-bond donors (Lipinski definition) is 6. The van der Waals surface area contributed by atoms with Gasteiger partial charge in [0, 0.05) is 12.2 Å². The highest BCUT2D eigenvalue weighted by Crippen LogP contribution is 2.27. The first-order valence-corrected chi connectivity index (χ1v) is 6.64. The average molecular weight is 360 g/mol. The van der Waals surface area contributed by atoms with E-state index in [0.29, 0.717) is 12.2 Å². The van der Waals surface area contributed by atoms with Crippen LogP contribution in [0.3, 0.4) is 0 Å². The van der Waals surface area contributed by atoms with Crippen LogP contribution in [0, 0.1) is 0 Å². The lowest BCUT2D eigenvalue weighted by molar-refractivity contribution is -0.134. The Balaban J connectivity index is 0.000000333. The third-order valence-electron chi connectivity index (χ3n) is 2.91. The lowest BCUT2D eigenvalue weighted by atomic mass is 10.1. The minimum atomic E-state index is -1.35. The molecule has 1 aliphatic heterocycles. The van der Waals surface area contributed by atoms with Crippen molar-refractivity contribution >= 4 is 17.9 Å². The zero-order chi connectivity index (χ0) is 19.1. The van der Waals surface area contributed by atoms with Crippen molar-refractivity contribution in [3.63, 3.8) is 0 Å². The van der Waals surface area contributed by atoms with E-state index >= 15 is 0 Å². The van der Waals surface area contributed by atoms with Crippen molar-refractivity contribution in [2.45, 2.75) is 24.5 Å². The van der Waals surface area contributed by atoms with E-state index in [0.717, 1.165) is 10.9 Å². The number of aliphatic carboxylic acids is 2. The van der Waals surface area contributed by atoms with Gasteiger partial charge < -0.3 is 36.0 Å². The SMILES string of the molecule is Nc1ncn([C@@H]2O[C@H](CO)[C@@H](O)[C@H]2O)c(=O)n1.O=C(O)/C=C\C(=O)O. The van der Waals surface area contributed by atoms with Gasteiger partial charge in [-0.2, -0.15) is 4.98 Å². The van der Waals surface area contributed by atoms with E-state index in [9.17, 15) is 24.6 Å². The fourth-order valence-electron chi connectivity index (χ4n) is 1.78. The molecule has 0 saturated carbocycles. The van der Waals surface area contributed by atoms with Crippen LogP contribution in [0.1, 0.15) is 6.23 Å². The van der Waals surface area contributed by atoms with E-state index in [2.05, 4.69) is 9.97 Å². The zero-order valence-corrected chi connectivity index (χ0v) is 12.5. The second-order valence-electron chi connectivity index (χ2n) is 4.64. The minimum Gasteiger partial charge on any atom is -0.478 e. The molecule has 25 heavy (non-hydrogen) atoms. The zero-order valence-electron chi connectivity index (χ0n) is 12.5. The Kier molecular flexibility index (Phi) is 7.13. The number of nitrogens with zero attached hydrogens (tertiary/aromatic N) is 3. The molecule has 1 aliphatic rings. The number of rotatable bonds is 4. The van der Waals surface area contributed by atoms with Crippen LogP contribution in [0.5, 0.6) is 0 Å². The van der Waals surface area contributed by atoms with Crippen LogP contribution in [-0.4, -0.2) is 76.9 Å². The van der Waals surface area contributed by atoms with Gasteiger partial charge in [-0.25, -0.2) is 19.4 Å². The first-order valence-electron chi connectivity index (χ1n) is 6.64. The van der Waals surface area contributed by atoms with Crippen molar-refractivity contribution < 1.29 is 39.9 Å². The number of nitrogens with two attached hydrogens (primary N) is 1. The number of aliphatic hydroxyl groups excluding tert-OH is 3. The van der Waals surface area contributed by atoms with E-state index in [1.54, 1.807) is 0 Å². The Morgan fingerprint density at radius 3 is 2.20 bits per heavy atom. The molecule has 138 valence electrons. The monoisotopic (exact) mass is 360 g/mol. The van der Waals surface area contributed by atoms with Crippen molar-refractivity contribution in [3.05, 3.63) is 29.0 Å². The topological polar surface area (TPSA) is 218 Å². The second kappa shape index (κ2) is 8.84. The summed E-state index contributed by atoms with van der Waals surface area (Å²) in [5.41, 5.74) is 4.46. The molecule has 0 spiro atoms. The highest BCUT2D eigenvalue weighted by Gasteiger charge is 2.43. The number of hydrogen-bond acceptors (Lipinski definition) is 10. The molecule has 0 radical (unpaired) electrons. The molecule has 13 heteroatoms. The van der Waals surface area contributed by atoms with E-state index in [-0.39, 0.29) is 5.95 Å². The van der Waals surface area contributed by atoms with Gasteiger partial charge in [-0.05, 0) is 0 Å². The Hall–Kier alpha value is -2.87. The van der Waals surface area contributed by atoms with E-state index in [4.69, 9.17) is 25.8 Å². The minimum absolute atomic E-state index is 0.196. The van der Waals surface area contributed by atoms with Gasteiger partial charge in [0.25, 0.3) is 0 Å². The molecule has 0 bridgehead atoms. The van der Waals surface area contributed by atoms with Crippen LogP contribution >= 0.6 is 0 Å². The lowest BCUT2D eigenvalue weighted by Gasteiger charge is -2.16. The summed E-state index contributed by atoms with van der Waals surface area (Å²) in [6.07, 6.45) is -2.56. The maximum atomic E-state index is 11.5. The molecule has 2 heterocycles. The first-order chi connectivity index (χ1) is 11.7. The normalized spacial score (nSPS) is 25.4. The Labute approximate surface area is 139 Å². The molecule has 0 aliphatic carbocycles. The predicted molar refractivity (Wildman–Crippen MR) is 78.1 cm³/mol. The summed E-state index contributed by atoms with van der Waals surface area (Å²) < 4.78 is 6.04. The Bertz CT molecular complexity index is 688. The summed E-state index contributed by atoms with van der Waals surface area (Å²) in [6, 6.07) is 0. The summed E-state index contributed by atoms with van der Waals surface area (Å²) in [6.45, 7) is -0.473. The maximum absolute atomic E-state index is 11.5. The van der Waals surface area contributed by atoms with E-state index < -0.39 is 48.8 Å². The molecule has 2 rings (SSSR count). The fraction of sp³-hybridized carbons (Fsp3) is 0.417. The third-order valence-corrected chi connectivity index (χ3v) is 2.91. The number of carboxylic acid groups (broad SMARTS) is 2. The number of aromatic nitrogens is 3. The van der Waals surface area contributed by atoms with Gasteiger partial charge in [-0.15, -0.1) is 0 Å². The standard InChI is InChI=1S/C8H12N4O5.C4H4O4/c9-7-10-2-12(8(16)11-7)6-5(15)4(14)3(1-13)17-6;5-3(6)1-2-4(7)8/h2-6,13-15H,1H2,(H2,9,11,16);1-2H,(H,5,6)(H,7,8)/b;2-1-/t3-,4-,5-,6-;/m1./s1. The quantitative estimate of drug-likeness (QED) is 0.289. The molecule has 1 aromatic heterocycles. The second-order valence-corrected chi connectivity index (χ2v) is 4.64. The van der Waals surface area contributed by atoms with Crippen molar-refractivity contribution in [1.29, 1.82) is 0 Å². The number of anilines is 1. The number of nitrogen functional groups attached to an aromatic ring is 1. The van der Waals surface area contributed by atoms with E-state index in [1.807, 2.05) is 0 Å². The summed E-state index contributed by atoms with van der Waals surface area (Å²) in [5, 5.41) is 43.7. The van der Waals surface area contributed by atoms with Crippen molar-refractivity contribution in [1.82, 2.24) is 14.5 Å². The molecule has 0 aromatic carbocycles. The fourth-order valence-corrected chi connectivity index (χ4v) is 1.78. The highest BCUT2D eigenvalue weighted by molar-refractivity contribution is 5.89. The van der Waals surface area contributed by atoms with Crippen LogP contribution in [0.4, 0.5) is 5.95 Å². The largest absolute Gasteiger partial charge is 0.478 e. The van der Waals surface area contributed by atoms with Gasteiger partial charge in [0.15, 0.2) is 6.23 Å². The predicted octanol–water partition coefficient (Wildman–Crippen LogP) is -3.46. The van der Waals surface area contributed by atoms with Crippen molar-refractivity contribution in [3.8, 4) is 0 Å². The van der Waals surface area contributed by atoms with Crippen LogP contribution in [0.15, 0.2) is 23.3 Å². The molecule has 0 unspecified atom stereocenters. The number of aliphatic hydroxyl groups is 3. The van der Waals surface area contributed by atoms with Crippen LogP contribution in [0.25, 0.3) is 0 Å². The summed E-state index contributed by atoms with van der Waals surface area (Å²) in [4.78, 5) is 37.5. The van der Waals surface area contributed by atoms with Gasteiger partial charge in [0.2, 0.25) is 5.95 Å². The molecule has 13 nitrogen and oxygen atoms in total. The lowest BCUT2D eigenvalue weighted by Crippen LogP contribution is -2.36. The molecular formula is C12H16N4O9. The summed E-state index contributed by atoms with van der Waals surface area (Å²) in [5.74, 6) is -2.71. The van der Waals surface area contributed by atoms with Crippen LogP contribution in [-0.2, 0) is 14.3 Å². The smallest absolute Gasteiger partial charge is 0.354 e. The molecule has 1 saturated heterocycles. The number of carboxylic acids is 2. The Morgan fingerprint density at radius 1 is 1.24 bits per heavy atom. The number of ether oxygens (including phenoxy) is 1. The van der Waals surface area contributed by atoms with Gasteiger partial charge >= 0.3 is 17.6 Å². The van der Waals surface area contributed by atoms with Gasteiger partial charge in [0.05, 0.1) is 6.61 Å². The molecule has 1 fully saturated rings. The Morgan fingerprint density at radius 2 is 1.80 bits per heavy atom. The van der Waals surface area contributed by atoms with Crippen molar-refractivity contribution in [2.24, 2.45) is 0 Å². The average Bonchev–Trinajstić information content (AvgIpc) is 2.81.